The van der Waals surface area contributed by atoms with Gasteiger partial charge in [-0.2, -0.15) is 5.10 Å². The number of likely N-dealkylation sites (tertiary alicyclic amines) is 1. The van der Waals surface area contributed by atoms with Gasteiger partial charge in [0.05, 0.1) is 24.5 Å². The lowest BCUT2D eigenvalue weighted by atomic mass is 10.1. The lowest BCUT2D eigenvalue weighted by Gasteiger charge is -2.23. The molecule has 3 rings (SSSR count). The van der Waals surface area contributed by atoms with Crippen LogP contribution in [0.25, 0.3) is 0 Å². The standard InChI is InChI=1S/C21H37N5O/c1-18(2)15-25-11-8-12-26-20(16-25)13-19(23-26)14-22-21(27)17-24-9-6-4-3-5-7-10-24/h13,18H,3-12,14-17H2,1-2H3,(H,22,27). The van der Waals surface area contributed by atoms with Crippen LogP contribution in [0.2, 0.25) is 0 Å². The first-order valence-corrected chi connectivity index (χ1v) is 10.9. The highest BCUT2D eigenvalue weighted by Crippen LogP contribution is 2.15. The molecule has 6 nitrogen and oxygen atoms in total. The molecule has 1 N–H and O–H groups in total. The summed E-state index contributed by atoms with van der Waals surface area (Å²) in [5, 5.41) is 7.81. The monoisotopic (exact) mass is 375 g/mol. The Kier molecular flexibility index (Phi) is 7.70. The van der Waals surface area contributed by atoms with Crippen LogP contribution >= 0.6 is 0 Å². The van der Waals surface area contributed by atoms with Gasteiger partial charge in [0.25, 0.3) is 0 Å². The van der Waals surface area contributed by atoms with Crippen LogP contribution in [0.15, 0.2) is 6.07 Å². The van der Waals surface area contributed by atoms with Gasteiger partial charge in [-0.15, -0.1) is 0 Å². The third-order valence-corrected chi connectivity index (χ3v) is 5.55. The van der Waals surface area contributed by atoms with E-state index in [9.17, 15) is 4.79 Å². The van der Waals surface area contributed by atoms with Gasteiger partial charge in [0.15, 0.2) is 0 Å². The van der Waals surface area contributed by atoms with Crippen molar-refractivity contribution in [2.24, 2.45) is 5.92 Å². The molecule has 0 unspecified atom stereocenters. The molecule has 1 amide bonds. The summed E-state index contributed by atoms with van der Waals surface area (Å²) in [4.78, 5) is 17.2. The van der Waals surface area contributed by atoms with Gasteiger partial charge >= 0.3 is 0 Å². The first-order chi connectivity index (χ1) is 13.1. The molecule has 1 aromatic rings. The van der Waals surface area contributed by atoms with Gasteiger partial charge in [0.1, 0.15) is 0 Å². The summed E-state index contributed by atoms with van der Waals surface area (Å²) in [6, 6.07) is 2.18. The lowest BCUT2D eigenvalue weighted by Crippen LogP contribution is -2.38. The number of carbonyl (C=O) groups excluding carboxylic acids is 1. The zero-order valence-electron chi connectivity index (χ0n) is 17.3. The third-order valence-electron chi connectivity index (χ3n) is 5.55. The number of carbonyl (C=O) groups is 1. The first kappa shape index (κ1) is 20.3. The Balaban J connectivity index is 1.48. The van der Waals surface area contributed by atoms with Crippen LogP contribution in [0.5, 0.6) is 0 Å². The van der Waals surface area contributed by atoms with Crippen LogP contribution in [-0.2, 0) is 24.4 Å². The van der Waals surface area contributed by atoms with E-state index >= 15 is 0 Å². The summed E-state index contributed by atoms with van der Waals surface area (Å²) in [5.41, 5.74) is 2.26. The van der Waals surface area contributed by atoms with Gasteiger partial charge in [0.2, 0.25) is 5.91 Å². The Morgan fingerprint density at radius 2 is 1.74 bits per heavy atom. The van der Waals surface area contributed by atoms with Crippen molar-refractivity contribution in [2.45, 2.75) is 72.0 Å². The SMILES string of the molecule is CC(C)CN1CCCn2nc(CNC(=O)CN3CCCCCCC3)cc2C1. The van der Waals surface area contributed by atoms with Crippen LogP contribution in [0, 0.1) is 5.92 Å². The highest BCUT2D eigenvalue weighted by Gasteiger charge is 2.18. The number of fused-ring (bicyclic) bond motifs is 1. The maximum absolute atomic E-state index is 12.4. The summed E-state index contributed by atoms with van der Waals surface area (Å²) in [6.45, 7) is 11.9. The van der Waals surface area contributed by atoms with Crippen LogP contribution in [0.4, 0.5) is 0 Å². The van der Waals surface area contributed by atoms with Crippen LogP contribution in [0.3, 0.4) is 0 Å². The van der Waals surface area contributed by atoms with Gasteiger partial charge in [-0.25, -0.2) is 0 Å². The zero-order valence-corrected chi connectivity index (χ0v) is 17.3. The van der Waals surface area contributed by atoms with Crippen molar-refractivity contribution >= 4 is 5.91 Å². The van der Waals surface area contributed by atoms with E-state index in [2.05, 4.69) is 39.7 Å². The van der Waals surface area contributed by atoms with Gasteiger partial charge in [-0.05, 0) is 44.3 Å². The molecule has 0 aromatic carbocycles. The molecule has 0 aliphatic carbocycles. The molecular formula is C21H37N5O. The molecular weight excluding hydrogens is 338 g/mol. The summed E-state index contributed by atoms with van der Waals surface area (Å²) < 4.78 is 2.14. The van der Waals surface area contributed by atoms with Crippen molar-refractivity contribution in [1.29, 1.82) is 0 Å². The van der Waals surface area contributed by atoms with Crippen molar-refractivity contribution in [3.8, 4) is 0 Å². The zero-order chi connectivity index (χ0) is 19.1. The Morgan fingerprint density at radius 3 is 2.48 bits per heavy atom. The van der Waals surface area contributed by atoms with Gasteiger partial charge in [-0.1, -0.05) is 33.1 Å². The molecule has 1 aromatic heterocycles. The number of rotatable bonds is 6. The van der Waals surface area contributed by atoms with E-state index in [0.717, 1.165) is 51.4 Å². The Hall–Kier alpha value is -1.40. The third kappa shape index (κ3) is 6.61. The number of hydrogen-bond acceptors (Lipinski definition) is 4. The molecule has 2 aliphatic heterocycles. The fourth-order valence-electron chi connectivity index (χ4n) is 4.27. The Labute approximate surface area is 164 Å². The van der Waals surface area contributed by atoms with Crippen LogP contribution in [0.1, 0.15) is 63.8 Å². The van der Waals surface area contributed by atoms with Crippen molar-refractivity contribution < 1.29 is 4.79 Å². The smallest absolute Gasteiger partial charge is 0.234 e. The van der Waals surface area contributed by atoms with Crippen molar-refractivity contribution in [3.63, 3.8) is 0 Å². The molecule has 0 saturated carbocycles. The highest BCUT2D eigenvalue weighted by molar-refractivity contribution is 5.77. The minimum Gasteiger partial charge on any atom is -0.349 e. The van der Waals surface area contributed by atoms with Gasteiger partial charge in [0, 0.05) is 26.2 Å². The average Bonchev–Trinajstić information content (AvgIpc) is 2.87. The Bertz CT molecular complexity index is 589. The molecule has 0 radical (unpaired) electrons. The fourth-order valence-corrected chi connectivity index (χ4v) is 4.27. The summed E-state index contributed by atoms with van der Waals surface area (Å²) in [6.07, 6.45) is 7.52. The molecule has 6 heteroatoms. The van der Waals surface area contributed by atoms with E-state index in [4.69, 9.17) is 5.10 Å². The summed E-state index contributed by atoms with van der Waals surface area (Å²) in [7, 11) is 0. The summed E-state index contributed by atoms with van der Waals surface area (Å²) >= 11 is 0. The van der Waals surface area contributed by atoms with Crippen molar-refractivity contribution in [2.75, 3.05) is 32.7 Å². The van der Waals surface area contributed by atoms with E-state index in [1.165, 1.54) is 37.8 Å². The molecule has 1 fully saturated rings. The summed E-state index contributed by atoms with van der Waals surface area (Å²) in [5.74, 6) is 0.807. The van der Waals surface area contributed by atoms with E-state index in [1.54, 1.807) is 0 Å². The highest BCUT2D eigenvalue weighted by atomic mass is 16.2. The molecule has 2 aliphatic rings. The van der Waals surface area contributed by atoms with Crippen LogP contribution < -0.4 is 5.32 Å². The minimum absolute atomic E-state index is 0.125. The quantitative estimate of drug-likeness (QED) is 0.830. The van der Waals surface area contributed by atoms with Crippen LogP contribution in [-0.4, -0.2) is 58.2 Å². The topological polar surface area (TPSA) is 53.4 Å². The molecule has 1 saturated heterocycles. The second-order valence-corrected chi connectivity index (χ2v) is 8.65. The number of aryl methyl sites for hydroxylation is 1. The maximum Gasteiger partial charge on any atom is 0.234 e. The molecule has 0 spiro atoms. The van der Waals surface area contributed by atoms with E-state index in [-0.39, 0.29) is 5.91 Å². The molecule has 152 valence electrons. The molecule has 0 atom stereocenters. The van der Waals surface area contributed by atoms with E-state index in [1.807, 2.05) is 0 Å². The largest absolute Gasteiger partial charge is 0.349 e. The normalized spacial score (nSPS) is 20.0. The lowest BCUT2D eigenvalue weighted by molar-refractivity contribution is -0.122. The predicted octanol–water partition coefficient (Wildman–Crippen LogP) is 2.63. The van der Waals surface area contributed by atoms with Gasteiger partial charge < -0.3 is 5.32 Å². The Morgan fingerprint density at radius 1 is 1.04 bits per heavy atom. The minimum atomic E-state index is 0.125. The molecule has 3 heterocycles. The molecule has 27 heavy (non-hydrogen) atoms. The predicted molar refractivity (Wildman–Crippen MR) is 108 cm³/mol. The fraction of sp³-hybridized carbons (Fsp3) is 0.810. The van der Waals surface area contributed by atoms with Gasteiger partial charge in [-0.3, -0.25) is 19.3 Å². The van der Waals surface area contributed by atoms with E-state index < -0.39 is 0 Å². The van der Waals surface area contributed by atoms with Crippen molar-refractivity contribution in [3.05, 3.63) is 17.5 Å². The second kappa shape index (κ2) is 10.2. The number of hydrogen-bond donors (Lipinski definition) is 1. The number of nitrogens with zero attached hydrogens (tertiary/aromatic N) is 4. The number of nitrogens with one attached hydrogen (secondary N) is 1. The number of amides is 1. The van der Waals surface area contributed by atoms with Crippen molar-refractivity contribution in [1.82, 2.24) is 24.9 Å². The molecule has 0 bridgehead atoms. The second-order valence-electron chi connectivity index (χ2n) is 8.65. The first-order valence-electron chi connectivity index (χ1n) is 10.9. The maximum atomic E-state index is 12.4. The number of aromatic nitrogens is 2. The van der Waals surface area contributed by atoms with E-state index in [0.29, 0.717) is 19.0 Å². The average molecular weight is 376 g/mol.